The Morgan fingerprint density at radius 3 is 1.65 bits per heavy atom. The molecule has 1 unspecified atom stereocenters. The molecule has 1 heterocycles. The van der Waals surface area contributed by atoms with E-state index in [1.165, 1.54) is 23.6 Å². The molecule has 1 aliphatic rings. The van der Waals surface area contributed by atoms with Gasteiger partial charge in [0, 0.05) is 32.7 Å². The molecule has 0 amide bonds. The third-order valence-electron chi connectivity index (χ3n) is 6.98. The van der Waals surface area contributed by atoms with E-state index < -0.39 is 17.6 Å². The van der Waals surface area contributed by atoms with Crippen molar-refractivity contribution in [3.8, 4) is 0 Å². The third kappa shape index (κ3) is 5.99. The van der Waals surface area contributed by atoms with Crippen LogP contribution < -0.4 is 0 Å². The number of rotatable bonds is 11. The van der Waals surface area contributed by atoms with Gasteiger partial charge in [0.15, 0.2) is 5.78 Å². The molecule has 0 saturated carbocycles. The van der Waals surface area contributed by atoms with Crippen molar-refractivity contribution in [1.82, 2.24) is 9.80 Å². The molecule has 6 heteroatoms. The van der Waals surface area contributed by atoms with E-state index >= 15 is 0 Å². The van der Waals surface area contributed by atoms with Crippen LogP contribution in [0.3, 0.4) is 0 Å². The van der Waals surface area contributed by atoms with Gasteiger partial charge in [0.2, 0.25) is 6.10 Å². The lowest BCUT2D eigenvalue weighted by Gasteiger charge is -2.49. The first kappa shape index (κ1) is 26.7. The molecular weight excluding hydrogens is 464 g/mol. The number of hydrogen-bond acceptors (Lipinski definition) is 6. The summed E-state index contributed by atoms with van der Waals surface area (Å²) in [4.78, 5) is 28.8. The second-order valence-corrected chi connectivity index (χ2v) is 9.25. The Morgan fingerprint density at radius 1 is 0.784 bits per heavy atom. The van der Waals surface area contributed by atoms with Crippen LogP contribution in [0.5, 0.6) is 0 Å². The summed E-state index contributed by atoms with van der Waals surface area (Å²) in [6, 6.07) is 32.2. The van der Waals surface area contributed by atoms with Gasteiger partial charge in [-0.15, -0.1) is 0 Å². The van der Waals surface area contributed by atoms with E-state index in [1.54, 1.807) is 6.92 Å². The van der Waals surface area contributed by atoms with Crippen LogP contribution in [0.4, 0.5) is 0 Å². The van der Waals surface area contributed by atoms with E-state index in [0.29, 0.717) is 13.2 Å². The Bertz CT molecular complexity index is 1030. The molecule has 0 N–H and O–H groups in total. The highest BCUT2D eigenvalue weighted by Crippen LogP contribution is 2.42. The summed E-state index contributed by atoms with van der Waals surface area (Å²) in [5.74, 6) is -0.945. The second kappa shape index (κ2) is 12.8. The van der Waals surface area contributed by atoms with E-state index in [4.69, 9.17) is 9.47 Å². The summed E-state index contributed by atoms with van der Waals surface area (Å²) in [6.45, 7) is 7.64. The molecule has 4 rings (SSSR count). The Morgan fingerprint density at radius 2 is 1.24 bits per heavy atom. The van der Waals surface area contributed by atoms with Gasteiger partial charge in [0.25, 0.3) is 0 Å². The Labute approximate surface area is 219 Å². The fourth-order valence-corrected chi connectivity index (χ4v) is 5.26. The molecule has 1 fully saturated rings. The molecule has 0 spiro atoms. The molecule has 1 atom stereocenters. The Kier molecular flexibility index (Phi) is 9.23. The maximum Gasteiger partial charge on any atom is 0.343 e. The molecule has 0 bridgehead atoms. The lowest BCUT2D eigenvalue weighted by atomic mass is 9.75. The van der Waals surface area contributed by atoms with Gasteiger partial charge >= 0.3 is 5.97 Å². The minimum absolute atomic E-state index is 0.222. The maximum atomic E-state index is 12.0. The van der Waals surface area contributed by atoms with Gasteiger partial charge < -0.3 is 9.47 Å². The number of hydrogen-bond donors (Lipinski definition) is 0. The van der Waals surface area contributed by atoms with Crippen LogP contribution in [-0.4, -0.2) is 73.6 Å². The number of ketones is 1. The van der Waals surface area contributed by atoms with E-state index in [9.17, 15) is 9.59 Å². The Hall–Kier alpha value is -3.32. The molecular formula is C31H36N2O4. The van der Waals surface area contributed by atoms with Gasteiger partial charge in [-0.05, 0) is 30.5 Å². The largest absolute Gasteiger partial charge is 0.464 e. The topological polar surface area (TPSA) is 59.1 Å². The summed E-state index contributed by atoms with van der Waals surface area (Å²) >= 11 is 0. The van der Waals surface area contributed by atoms with Gasteiger partial charge in [-0.25, -0.2) is 4.79 Å². The molecule has 37 heavy (non-hydrogen) atoms. The predicted molar refractivity (Wildman–Crippen MR) is 144 cm³/mol. The monoisotopic (exact) mass is 500 g/mol. The number of benzene rings is 3. The first-order valence-corrected chi connectivity index (χ1v) is 13.0. The third-order valence-corrected chi connectivity index (χ3v) is 6.98. The molecule has 194 valence electrons. The number of nitrogens with zero attached hydrogens (tertiary/aromatic N) is 2. The van der Waals surface area contributed by atoms with Crippen molar-refractivity contribution in [1.29, 1.82) is 0 Å². The number of esters is 1. The summed E-state index contributed by atoms with van der Waals surface area (Å²) in [6.07, 6.45) is -1.15. The summed E-state index contributed by atoms with van der Waals surface area (Å²) < 4.78 is 10.6. The highest BCUT2D eigenvalue weighted by atomic mass is 16.6. The average Bonchev–Trinajstić information content (AvgIpc) is 2.94. The lowest BCUT2D eigenvalue weighted by molar-refractivity contribution is -0.161. The van der Waals surface area contributed by atoms with Crippen LogP contribution in [0.15, 0.2) is 91.0 Å². The average molecular weight is 501 g/mol. The van der Waals surface area contributed by atoms with Crippen LogP contribution in [0.2, 0.25) is 0 Å². The van der Waals surface area contributed by atoms with Gasteiger partial charge in [-0.3, -0.25) is 14.6 Å². The van der Waals surface area contributed by atoms with Crippen molar-refractivity contribution in [2.45, 2.75) is 25.5 Å². The number of piperazine rings is 1. The predicted octanol–water partition coefficient (Wildman–Crippen LogP) is 4.13. The number of carbonyl (C=O) groups is 2. The summed E-state index contributed by atoms with van der Waals surface area (Å²) in [7, 11) is 0. The number of carbonyl (C=O) groups excluding carboxylic acids is 2. The minimum atomic E-state index is -1.15. The molecule has 0 radical (unpaired) electrons. The zero-order valence-corrected chi connectivity index (χ0v) is 21.7. The zero-order chi connectivity index (χ0) is 26.1. The quantitative estimate of drug-likeness (QED) is 0.224. The second-order valence-electron chi connectivity index (χ2n) is 9.25. The molecule has 1 aliphatic heterocycles. The van der Waals surface area contributed by atoms with Crippen LogP contribution in [0, 0.1) is 0 Å². The van der Waals surface area contributed by atoms with Crippen molar-refractivity contribution < 1.29 is 19.1 Å². The van der Waals surface area contributed by atoms with E-state index in [1.807, 2.05) is 0 Å². The summed E-state index contributed by atoms with van der Waals surface area (Å²) in [5.41, 5.74) is 3.30. The minimum Gasteiger partial charge on any atom is -0.464 e. The van der Waals surface area contributed by atoms with E-state index in [2.05, 4.69) is 101 Å². The van der Waals surface area contributed by atoms with Crippen molar-refractivity contribution in [2.75, 3.05) is 45.9 Å². The van der Waals surface area contributed by atoms with Crippen LogP contribution in [-0.2, 0) is 24.6 Å². The normalized spacial score (nSPS) is 15.7. The van der Waals surface area contributed by atoms with Crippen molar-refractivity contribution >= 4 is 11.8 Å². The van der Waals surface area contributed by atoms with E-state index in [0.717, 1.165) is 26.2 Å². The van der Waals surface area contributed by atoms with Gasteiger partial charge in [0.1, 0.15) is 0 Å². The molecule has 1 saturated heterocycles. The summed E-state index contributed by atoms with van der Waals surface area (Å²) in [5, 5.41) is 0. The SMILES string of the molecule is CCOC(=O)C(OCCN1CCN(C(c2ccccc2)(c2ccccc2)c2ccccc2)CC1)C(C)=O. The Balaban J connectivity index is 1.54. The molecule has 0 aromatic heterocycles. The van der Waals surface area contributed by atoms with E-state index in [-0.39, 0.29) is 12.4 Å². The number of Topliss-reactive ketones (excluding diaryl/α,β-unsaturated/α-hetero) is 1. The maximum absolute atomic E-state index is 12.0. The smallest absolute Gasteiger partial charge is 0.343 e. The lowest BCUT2D eigenvalue weighted by Crippen LogP contribution is -2.57. The first-order chi connectivity index (χ1) is 18.1. The van der Waals surface area contributed by atoms with Crippen molar-refractivity contribution in [3.05, 3.63) is 108 Å². The van der Waals surface area contributed by atoms with Gasteiger partial charge in [-0.2, -0.15) is 0 Å². The van der Waals surface area contributed by atoms with Crippen LogP contribution in [0.1, 0.15) is 30.5 Å². The van der Waals surface area contributed by atoms with Gasteiger partial charge in [-0.1, -0.05) is 91.0 Å². The van der Waals surface area contributed by atoms with Crippen molar-refractivity contribution in [3.63, 3.8) is 0 Å². The molecule has 6 nitrogen and oxygen atoms in total. The molecule has 3 aromatic carbocycles. The standard InChI is InChI=1S/C31H36N2O4/c1-3-36-30(35)29(25(2)34)37-24-23-32-19-21-33(22-20-32)31(26-13-7-4-8-14-26,27-15-9-5-10-16-27)28-17-11-6-12-18-28/h4-18,29H,3,19-24H2,1-2H3. The highest BCUT2D eigenvalue weighted by Gasteiger charge is 2.43. The fourth-order valence-electron chi connectivity index (χ4n) is 5.26. The number of ether oxygens (including phenoxy) is 2. The van der Waals surface area contributed by atoms with Crippen LogP contribution >= 0.6 is 0 Å². The van der Waals surface area contributed by atoms with Crippen LogP contribution in [0.25, 0.3) is 0 Å². The van der Waals surface area contributed by atoms with Gasteiger partial charge in [0.05, 0.1) is 18.8 Å². The highest BCUT2D eigenvalue weighted by molar-refractivity contribution is 6.00. The fraction of sp³-hybridized carbons (Fsp3) is 0.355. The first-order valence-electron chi connectivity index (χ1n) is 13.0. The zero-order valence-electron chi connectivity index (χ0n) is 21.7. The van der Waals surface area contributed by atoms with Crippen molar-refractivity contribution in [2.24, 2.45) is 0 Å². The molecule has 0 aliphatic carbocycles. The molecule has 3 aromatic rings.